The summed E-state index contributed by atoms with van der Waals surface area (Å²) in [6, 6.07) is 0.384. The third-order valence-corrected chi connectivity index (χ3v) is 5.47. The molecule has 0 radical (unpaired) electrons. The van der Waals surface area contributed by atoms with Gasteiger partial charge in [-0.3, -0.25) is 4.79 Å². The number of halogens is 1. The molecule has 2 N–H and O–H groups in total. The van der Waals surface area contributed by atoms with E-state index in [1.54, 1.807) is 0 Å². The van der Waals surface area contributed by atoms with Crippen molar-refractivity contribution in [1.29, 1.82) is 0 Å². The molecular weight excluding hydrogens is 260 g/mol. The number of hydrogen-bond donors (Lipinski definition) is 2. The summed E-state index contributed by atoms with van der Waals surface area (Å²) in [5, 5.41) is 6.62. The molecule has 3 nitrogen and oxygen atoms in total. The molecule has 1 saturated heterocycles. The summed E-state index contributed by atoms with van der Waals surface area (Å²) in [5.41, 5.74) is 0. The molecule has 0 spiro atoms. The number of rotatable bonds is 3. The Kier molecular flexibility index (Phi) is 5.13. The van der Waals surface area contributed by atoms with Gasteiger partial charge >= 0.3 is 0 Å². The van der Waals surface area contributed by atoms with Crippen LogP contribution in [0, 0.1) is 23.7 Å². The predicted molar refractivity (Wildman–Crippen MR) is 79.4 cm³/mol. The summed E-state index contributed by atoms with van der Waals surface area (Å²) in [6.07, 6.45) is 7.82. The highest BCUT2D eigenvalue weighted by Gasteiger charge is 2.42. The lowest BCUT2D eigenvalue weighted by Gasteiger charge is -2.30. The Morgan fingerprint density at radius 1 is 1.26 bits per heavy atom. The van der Waals surface area contributed by atoms with Gasteiger partial charge in [-0.25, -0.2) is 0 Å². The number of fused-ring (bicyclic) bond motifs is 2. The Hall–Kier alpha value is -0.280. The van der Waals surface area contributed by atoms with E-state index in [0.29, 0.717) is 6.04 Å². The highest BCUT2D eigenvalue weighted by molar-refractivity contribution is 5.85. The first kappa shape index (κ1) is 15.1. The molecule has 0 aromatic carbocycles. The van der Waals surface area contributed by atoms with Crippen LogP contribution in [0.4, 0.5) is 0 Å². The van der Waals surface area contributed by atoms with Gasteiger partial charge in [-0.1, -0.05) is 6.42 Å². The van der Waals surface area contributed by atoms with Crippen LogP contribution in [0.5, 0.6) is 0 Å². The molecule has 4 unspecified atom stereocenters. The molecule has 2 saturated carbocycles. The normalized spacial score (nSPS) is 38.6. The SMILES string of the molecule is CC(NC(=O)[C@@H]1CCCNC1)C1CC2CCC1C2.Cl. The minimum Gasteiger partial charge on any atom is -0.353 e. The van der Waals surface area contributed by atoms with Gasteiger partial charge < -0.3 is 10.6 Å². The molecule has 2 bridgehead atoms. The quantitative estimate of drug-likeness (QED) is 0.836. The summed E-state index contributed by atoms with van der Waals surface area (Å²) in [7, 11) is 0. The number of piperidine rings is 1. The highest BCUT2D eigenvalue weighted by atomic mass is 35.5. The predicted octanol–water partition coefficient (Wildman–Crippen LogP) is 2.35. The van der Waals surface area contributed by atoms with E-state index in [1.807, 2.05) is 0 Å². The van der Waals surface area contributed by atoms with E-state index >= 15 is 0 Å². The summed E-state index contributed by atoms with van der Waals surface area (Å²) >= 11 is 0. The van der Waals surface area contributed by atoms with Crippen LogP contribution < -0.4 is 10.6 Å². The molecule has 1 amide bonds. The smallest absolute Gasteiger partial charge is 0.224 e. The van der Waals surface area contributed by atoms with Gasteiger partial charge in [-0.05, 0) is 63.3 Å². The molecule has 2 aliphatic carbocycles. The van der Waals surface area contributed by atoms with Gasteiger partial charge in [0, 0.05) is 12.6 Å². The maximum atomic E-state index is 12.2. The van der Waals surface area contributed by atoms with Gasteiger partial charge in [0.1, 0.15) is 0 Å². The summed E-state index contributed by atoms with van der Waals surface area (Å²) < 4.78 is 0. The van der Waals surface area contributed by atoms with Crippen molar-refractivity contribution in [2.45, 2.75) is 51.5 Å². The Bertz CT molecular complexity index is 317. The summed E-state index contributed by atoms with van der Waals surface area (Å²) in [5.74, 6) is 3.12. The average Bonchev–Trinajstić information content (AvgIpc) is 3.02. The number of carbonyl (C=O) groups is 1. The topological polar surface area (TPSA) is 41.1 Å². The molecule has 4 heteroatoms. The fraction of sp³-hybridized carbons (Fsp3) is 0.933. The molecule has 3 rings (SSSR count). The minimum absolute atomic E-state index is 0. The zero-order chi connectivity index (χ0) is 12.5. The average molecular weight is 287 g/mol. The first-order valence-electron chi connectivity index (χ1n) is 7.75. The van der Waals surface area contributed by atoms with Crippen LogP contribution in [-0.4, -0.2) is 25.0 Å². The Morgan fingerprint density at radius 3 is 2.68 bits per heavy atom. The van der Waals surface area contributed by atoms with E-state index in [9.17, 15) is 4.79 Å². The lowest BCUT2D eigenvalue weighted by molar-refractivity contribution is -0.126. The van der Waals surface area contributed by atoms with Crippen molar-refractivity contribution in [1.82, 2.24) is 10.6 Å². The van der Waals surface area contributed by atoms with Crippen LogP contribution in [0.1, 0.15) is 45.4 Å². The molecule has 3 aliphatic rings. The lowest BCUT2D eigenvalue weighted by Crippen LogP contribution is -2.46. The molecule has 19 heavy (non-hydrogen) atoms. The van der Waals surface area contributed by atoms with Crippen LogP contribution in [0.15, 0.2) is 0 Å². The third kappa shape index (κ3) is 3.25. The molecule has 3 fully saturated rings. The van der Waals surface area contributed by atoms with Crippen molar-refractivity contribution in [3.63, 3.8) is 0 Å². The van der Waals surface area contributed by atoms with Crippen molar-refractivity contribution in [2.75, 3.05) is 13.1 Å². The van der Waals surface area contributed by atoms with Crippen LogP contribution in [0.3, 0.4) is 0 Å². The second kappa shape index (κ2) is 6.45. The van der Waals surface area contributed by atoms with Gasteiger partial charge in [0.25, 0.3) is 0 Å². The zero-order valence-corrected chi connectivity index (χ0v) is 12.7. The van der Waals surface area contributed by atoms with E-state index in [0.717, 1.165) is 43.7 Å². The summed E-state index contributed by atoms with van der Waals surface area (Å²) in [6.45, 7) is 4.17. The van der Waals surface area contributed by atoms with Crippen molar-refractivity contribution >= 4 is 18.3 Å². The second-order valence-corrected chi connectivity index (χ2v) is 6.68. The van der Waals surface area contributed by atoms with E-state index in [-0.39, 0.29) is 24.2 Å². The molecule has 1 aliphatic heterocycles. The summed E-state index contributed by atoms with van der Waals surface area (Å²) in [4.78, 5) is 12.2. The second-order valence-electron chi connectivity index (χ2n) is 6.68. The van der Waals surface area contributed by atoms with E-state index in [4.69, 9.17) is 0 Å². The van der Waals surface area contributed by atoms with Gasteiger partial charge in [0.2, 0.25) is 5.91 Å². The first-order chi connectivity index (χ1) is 8.74. The molecule has 1 heterocycles. The number of carbonyl (C=O) groups excluding carboxylic acids is 1. The molecular formula is C15H27ClN2O. The lowest BCUT2D eigenvalue weighted by atomic mass is 9.83. The van der Waals surface area contributed by atoms with E-state index in [2.05, 4.69) is 17.6 Å². The zero-order valence-electron chi connectivity index (χ0n) is 11.9. The third-order valence-electron chi connectivity index (χ3n) is 5.47. The fourth-order valence-corrected chi connectivity index (χ4v) is 4.43. The van der Waals surface area contributed by atoms with Gasteiger partial charge in [0.05, 0.1) is 5.92 Å². The van der Waals surface area contributed by atoms with Crippen LogP contribution in [0.25, 0.3) is 0 Å². The van der Waals surface area contributed by atoms with Crippen LogP contribution >= 0.6 is 12.4 Å². The Morgan fingerprint density at radius 2 is 2.11 bits per heavy atom. The van der Waals surface area contributed by atoms with Crippen LogP contribution in [0.2, 0.25) is 0 Å². The molecule has 5 atom stereocenters. The molecule has 0 aromatic heterocycles. The Labute approximate surface area is 122 Å². The van der Waals surface area contributed by atoms with Crippen molar-refractivity contribution in [3.05, 3.63) is 0 Å². The van der Waals surface area contributed by atoms with E-state index in [1.165, 1.54) is 25.7 Å². The number of hydrogen-bond acceptors (Lipinski definition) is 2. The number of amides is 1. The van der Waals surface area contributed by atoms with Crippen molar-refractivity contribution < 1.29 is 4.79 Å². The number of nitrogens with one attached hydrogen (secondary N) is 2. The first-order valence-corrected chi connectivity index (χ1v) is 7.75. The maximum absolute atomic E-state index is 12.2. The van der Waals surface area contributed by atoms with Crippen molar-refractivity contribution in [3.8, 4) is 0 Å². The van der Waals surface area contributed by atoms with E-state index < -0.39 is 0 Å². The van der Waals surface area contributed by atoms with Gasteiger partial charge in [0.15, 0.2) is 0 Å². The molecule has 0 aromatic rings. The van der Waals surface area contributed by atoms with Gasteiger partial charge in [-0.15, -0.1) is 12.4 Å². The standard InChI is InChI=1S/C15H26N2O.ClH/c1-10(14-8-11-4-5-12(14)7-11)17-15(18)13-3-2-6-16-9-13;/h10-14,16H,2-9H2,1H3,(H,17,18);1H/t10?,11?,12?,13-,14?;/m1./s1. The van der Waals surface area contributed by atoms with Gasteiger partial charge in [-0.2, -0.15) is 0 Å². The van der Waals surface area contributed by atoms with Crippen LogP contribution in [-0.2, 0) is 4.79 Å². The fourth-order valence-electron chi connectivity index (χ4n) is 4.43. The minimum atomic E-state index is 0. The molecule has 110 valence electrons. The monoisotopic (exact) mass is 286 g/mol. The largest absolute Gasteiger partial charge is 0.353 e. The highest BCUT2D eigenvalue weighted by Crippen LogP contribution is 2.49. The Balaban J connectivity index is 0.00000133. The van der Waals surface area contributed by atoms with Crippen molar-refractivity contribution in [2.24, 2.45) is 23.7 Å². The maximum Gasteiger partial charge on any atom is 0.224 e.